The van der Waals surface area contributed by atoms with Gasteiger partial charge in [-0.25, -0.2) is 4.39 Å². The van der Waals surface area contributed by atoms with Crippen molar-refractivity contribution >= 4 is 11.7 Å². The van der Waals surface area contributed by atoms with Gasteiger partial charge in [-0.05, 0) is 42.8 Å². The minimum atomic E-state index is -0.352. The smallest absolute Gasteiger partial charge is 0.251 e. The molecule has 102 valence electrons. The molecule has 0 radical (unpaired) electrons. The molecule has 0 fully saturated rings. The highest BCUT2D eigenvalue weighted by molar-refractivity contribution is 6.02. The predicted octanol–water partition coefficient (Wildman–Crippen LogP) is 2.75. The van der Waals surface area contributed by atoms with E-state index in [2.05, 4.69) is 5.32 Å². The Balaban J connectivity index is 1.98. The maximum Gasteiger partial charge on any atom is 0.251 e. The molecule has 1 N–H and O–H groups in total. The molecule has 0 bridgehead atoms. The summed E-state index contributed by atoms with van der Waals surface area (Å²) >= 11 is 0. The lowest BCUT2D eigenvalue weighted by molar-refractivity contribution is 0.0904. The Bertz CT molecular complexity index is 638. The lowest BCUT2D eigenvalue weighted by atomic mass is 10.1. The number of carbonyl (C=O) groups is 2. The van der Waals surface area contributed by atoms with Gasteiger partial charge in [0.2, 0.25) is 0 Å². The molecule has 0 atom stereocenters. The number of benzene rings is 2. The predicted molar refractivity (Wildman–Crippen MR) is 74.2 cm³/mol. The van der Waals surface area contributed by atoms with Crippen molar-refractivity contribution in [3.8, 4) is 0 Å². The number of ketones is 1. The molecule has 0 aliphatic heterocycles. The molecule has 2 rings (SSSR count). The highest BCUT2D eigenvalue weighted by Crippen LogP contribution is 2.09. The SMILES string of the molecule is Cc1cc(C(=O)CNC(=O)c2ccccc2)ccc1F. The van der Waals surface area contributed by atoms with Crippen molar-refractivity contribution < 1.29 is 14.0 Å². The molecule has 1 amide bonds. The van der Waals surface area contributed by atoms with Crippen LogP contribution in [-0.4, -0.2) is 18.2 Å². The van der Waals surface area contributed by atoms with E-state index in [1.165, 1.54) is 18.2 Å². The first kappa shape index (κ1) is 13.9. The molecule has 0 unspecified atom stereocenters. The van der Waals surface area contributed by atoms with Gasteiger partial charge in [-0.15, -0.1) is 0 Å². The number of hydrogen-bond donors (Lipinski definition) is 1. The summed E-state index contributed by atoms with van der Waals surface area (Å²) in [5.41, 5.74) is 1.29. The Hall–Kier alpha value is -2.49. The van der Waals surface area contributed by atoms with E-state index in [1.54, 1.807) is 31.2 Å². The van der Waals surface area contributed by atoms with Gasteiger partial charge >= 0.3 is 0 Å². The van der Waals surface area contributed by atoms with Crippen LogP contribution < -0.4 is 5.32 Å². The summed E-state index contributed by atoms with van der Waals surface area (Å²) in [6, 6.07) is 12.8. The minimum absolute atomic E-state index is 0.112. The number of hydrogen-bond acceptors (Lipinski definition) is 2. The van der Waals surface area contributed by atoms with Crippen molar-refractivity contribution in [3.05, 3.63) is 71.0 Å². The van der Waals surface area contributed by atoms with Crippen LogP contribution in [0.15, 0.2) is 48.5 Å². The van der Waals surface area contributed by atoms with Crippen LogP contribution in [0.3, 0.4) is 0 Å². The maximum absolute atomic E-state index is 13.1. The van der Waals surface area contributed by atoms with Crippen molar-refractivity contribution in [1.29, 1.82) is 0 Å². The average Bonchev–Trinajstić information content (AvgIpc) is 2.48. The Kier molecular flexibility index (Phi) is 4.25. The van der Waals surface area contributed by atoms with Gasteiger partial charge in [-0.2, -0.15) is 0 Å². The van der Waals surface area contributed by atoms with E-state index in [9.17, 15) is 14.0 Å². The molecule has 0 spiro atoms. The molecule has 0 aliphatic rings. The van der Waals surface area contributed by atoms with Crippen LogP contribution in [0.2, 0.25) is 0 Å². The standard InChI is InChI=1S/C16H14FNO2/c1-11-9-13(7-8-14(11)17)15(19)10-18-16(20)12-5-3-2-4-6-12/h2-9H,10H2,1H3,(H,18,20). The monoisotopic (exact) mass is 271 g/mol. The maximum atomic E-state index is 13.1. The summed E-state index contributed by atoms with van der Waals surface area (Å²) in [5, 5.41) is 2.55. The Morgan fingerprint density at radius 1 is 1.05 bits per heavy atom. The first-order valence-electron chi connectivity index (χ1n) is 6.20. The molecule has 3 nitrogen and oxygen atoms in total. The molecular weight excluding hydrogens is 257 g/mol. The summed E-state index contributed by atoms with van der Waals surface area (Å²) < 4.78 is 13.1. The first-order valence-corrected chi connectivity index (χ1v) is 6.20. The van der Waals surface area contributed by atoms with Gasteiger partial charge in [-0.3, -0.25) is 9.59 Å². The van der Waals surface area contributed by atoms with E-state index < -0.39 is 0 Å². The van der Waals surface area contributed by atoms with Crippen molar-refractivity contribution in [2.45, 2.75) is 6.92 Å². The number of aryl methyl sites for hydroxylation is 1. The normalized spacial score (nSPS) is 10.1. The van der Waals surface area contributed by atoms with Gasteiger partial charge in [0.15, 0.2) is 5.78 Å². The third kappa shape index (κ3) is 3.29. The third-order valence-corrected chi connectivity index (χ3v) is 2.93. The molecule has 4 heteroatoms. The van der Waals surface area contributed by atoms with E-state index in [-0.39, 0.29) is 24.1 Å². The lowest BCUT2D eigenvalue weighted by Gasteiger charge is -2.05. The number of halogens is 1. The van der Waals surface area contributed by atoms with E-state index in [0.717, 1.165) is 0 Å². The fourth-order valence-electron chi connectivity index (χ4n) is 1.77. The molecule has 20 heavy (non-hydrogen) atoms. The highest BCUT2D eigenvalue weighted by Gasteiger charge is 2.10. The number of carbonyl (C=O) groups excluding carboxylic acids is 2. The fourth-order valence-corrected chi connectivity index (χ4v) is 1.77. The molecule has 0 heterocycles. The van der Waals surface area contributed by atoms with Crippen molar-refractivity contribution in [2.75, 3.05) is 6.54 Å². The second-order valence-corrected chi connectivity index (χ2v) is 4.44. The summed E-state index contributed by atoms with van der Waals surface area (Å²) in [5.74, 6) is -0.912. The third-order valence-electron chi connectivity index (χ3n) is 2.93. The summed E-state index contributed by atoms with van der Waals surface area (Å²) in [6.45, 7) is 1.48. The molecular formula is C16H14FNO2. The van der Waals surface area contributed by atoms with Crippen molar-refractivity contribution in [2.24, 2.45) is 0 Å². The van der Waals surface area contributed by atoms with Crippen molar-refractivity contribution in [1.82, 2.24) is 5.32 Å². The van der Waals surface area contributed by atoms with Crippen LogP contribution in [0.4, 0.5) is 4.39 Å². The highest BCUT2D eigenvalue weighted by atomic mass is 19.1. The van der Waals surface area contributed by atoms with Crippen LogP contribution in [0.25, 0.3) is 0 Å². The molecule has 0 aromatic heterocycles. The Morgan fingerprint density at radius 3 is 2.40 bits per heavy atom. The average molecular weight is 271 g/mol. The second kappa shape index (κ2) is 6.10. The zero-order chi connectivity index (χ0) is 14.5. The van der Waals surface area contributed by atoms with Crippen LogP contribution in [-0.2, 0) is 0 Å². The van der Waals surface area contributed by atoms with Crippen LogP contribution >= 0.6 is 0 Å². The van der Waals surface area contributed by atoms with E-state index in [4.69, 9.17) is 0 Å². The first-order chi connectivity index (χ1) is 9.58. The van der Waals surface area contributed by atoms with Crippen molar-refractivity contribution in [3.63, 3.8) is 0 Å². The fraction of sp³-hybridized carbons (Fsp3) is 0.125. The van der Waals surface area contributed by atoms with Gasteiger partial charge in [0.1, 0.15) is 5.82 Å². The molecule has 0 saturated carbocycles. The zero-order valence-corrected chi connectivity index (χ0v) is 11.0. The number of Topliss-reactive ketones (excluding diaryl/α,β-unsaturated/α-hetero) is 1. The molecule has 2 aromatic rings. The Morgan fingerprint density at radius 2 is 1.75 bits per heavy atom. The summed E-state index contributed by atoms with van der Waals surface area (Å²) in [4.78, 5) is 23.7. The minimum Gasteiger partial charge on any atom is -0.345 e. The summed E-state index contributed by atoms with van der Waals surface area (Å²) in [6.07, 6.45) is 0. The van der Waals surface area contributed by atoms with Gasteiger partial charge in [-0.1, -0.05) is 18.2 Å². The van der Waals surface area contributed by atoms with Gasteiger partial charge in [0.25, 0.3) is 5.91 Å². The van der Waals surface area contributed by atoms with E-state index in [0.29, 0.717) is 16.7 Å². The summed E-state index contributed by atoms with van der Waals surface area (Å²) in [7, 11) is 0. The molecule has 0 aliphatic carbocycles. The van der Waals surface area contributed by atoms with E-state index >= 15 is 0 Å². The number of amides is 1. The van der Waals surface area contributed by atoms with Crippen LogP contribution in [0.5, 0.6) is 0 Å². The topological polar surface area (TPSA) is 46.2 Å². The largest absolute Gasteiger partial charge is 0.345 e. The zero-order valence-electron chi connectivity index (χ0n) is 11.0. The van der Waals surface area contributed by atoms with Gasteiger partial charge in [0.05, 0.1) is 6.54 Å². The van der Waals surface area contributed by atoms with Gasteiger partial charge in [0, 0.05) is 11.1 Å². The van der Waals surface area contributed by atoms with Crippen LogP contribution in [0.1, 0.15) is 26.3 Å². The number of rotatable bonds is 4. The number of nitrogens with one attached hydrogen (secondary N) is 1. The quantitative estimate of drug-likeness (QED) is 0.869. The molecule has 0 saturated heterocycles. The lowest BCUT2D eigenvalue weighted by Crippen LogP contribution is -2.29. The molecule has 2 aromatic carbocycles. The Labute approximate surface area is 116 Å². The van der Waals surface area contributed by atoms with Crippen LogP contribution in [0, 0.1) is 12.7 Å². The second-order valence-electron chi connectivity index (χ2n) is 4.44. The van der Waals surface area contributed by atoms with Gasteiger partial charge < -0.3 is 5.32 Å². The van der Waals surface area contributed by atoms with E-state index in [1.807, 2.05) is 6.07 Å².